The van der Waals surface area contributed by atoms with E-state index in [0.717, 1.165) is 12.0 Å². The van der Waals surface area contributed by atoms with Gasteiger partial charge in [-0.15, -0.1) is 5.10 Å². The first-order valence-electron chi connectivity index (χ1n) is 13.9. The maximum Gasteiger partial charge on any atom is 0.421 e. The number of amides is 1. The molecule has 3 aromatic heterocycles. The Labute approximate surface area is 257 Å². The van der Waals surface area contributed by atoms with E-state index in [1.54, 1.807) is 24.4 Å². The van der Waals surface area contributed by atoms with Crippen molar-refractivity contribution >= 4 is 36.8 Å². The summed E-state index contributed by atoms with van der Waals surface area (Å²) in [6, 6.07) is 7.95. The SMILES string of the molecule is CCC[P+](=O)Cc1ccc(Nc2ncc(C(F)(F)F)c(Nc3ccc(-c4cn(CCCO)nn4)nc3C(=O)NC)n2)c(OC)c1. The number of ether oxygens (including phenoxy) is 1. The minimum atomic E-state index is -4.83. The molecule has 0 aliphatic carbocycles. The molecule has 0 aliphatic rings. The third-order valence-electron chi connectivity index (χ3n) is 6.38. The van der Waals surface area contributed by atoms with Crippen LogP contribution in [0.2, 0.25) is 0 Å². The number of carbonyl (C=O) groups excluding carboxylic acids is 1. The first-order valence-corrected chi connectivity index (χ1v) is 15.5. The molecule has 17 heteroatoms. The first-order chi connectivity index (χ1) is 21.6. The van der Waals surface area contributed by atoms with Crippen molar-refractivity contribution in [1.82, 2.24) is 35.3 Å². The highest BCUT2D eigenvalue weighted by atomic mass is 31.1. The highest BCUT2D eigenvalue weighted by Crippen LogP contribution is 2.37. The molecule has 3 heterocycles. The summed E-state index contributed by atoms with van der Waals surface area (Å²) in [6.45, 7) is 2.33. The number of aryl methyl sites for hydroxylation is 1. The van der Waals surface area contributed by atoms with Gasteiger partial charge in [-0.2, -0.15) is 18.2 Å². The van der Waals surface area contributed by atoms with Crippen LogP contribution in [0.25, 0.3) is 11.4 Å². The summed E-state index contributed by atoms with van der Waals surface area (Å²) in [5, 5.41) is 24.9. The number of carbonyl (C=O) groups is 1. The molecule has 1 unspecified atom stereocenters. The van der Waals surface area contributed by atoms with Crippen LogP contribution in [0.5, 0.6) is 5.75 Å². The second kappa shape index (κ2) is 14.9. The highest BCUT2D eigenvalue weighted by molar-refractivity contribution is 7.43. The summed E-state index contributed by atoms with van der Waals surface area (Å²) in [7, 11) is 1.38. The van der Waals surface area contributed by atoms with Crippen molar-refractivity contribution in [3.05, 3.63) is 59.5 Å². The smallest absolute Gasteiger partial charge is 0.421 e. The van der Waals surface area contributed by atoms with Crippen LogP contribution in [0.3, 0.4) is 0 Å². The fourth-order valence-corrected chi connectivity index (χ4v) is 5.47. The van der Waals surface area contributed by atoms with Crippen LogP contribution < -0.4 is 20.7 Å². The first kappa shape index (κ1) is 33.2. The minimum Gasteiger partial charge on any atom is -0.495 e. The van der Waals surface area contributed by atoms with Crippen LogP contribution in [0.4, 0.5) is 36.3 Å². The zero-order valence-corrected chi connectivity index (χ0v) is 25.6. The Morgan fingerprint density at radius 1 is 1.11 bits per heavy atom. The quantitative estimate of drug-likeness (QED) is 0.134. The van der Waals surface area contributed by atoms with E-state index in [1.807, 2.05) is 6.92 Å². The van der Waals surface area contributed by atoms with Crippen molar-refractivity contribution in [2.24, 2.45) is 0 Å². The number of aromatic nitrogens is 6. The Hall–Kier alpha value is -4.69. The van der Waals surface area contributed by atoms with E-state index in [1.165, 1.54) is 31.0 Å². The number of aliphatic hydroxyl groups excluding tert-OH is 1. The fourth-order valence-electron chi connectivity index (χ4n) is 4.21. The molecule has 45 heavy (non-hydrogen) atoms. The molecule has 0 radical (unpaired) electrons. The molecule has 238 valence electrons. The summed E-state index contributed by atoms with van der Waals surface area (Å²) in [5.74, 6) is -1.11. The topological polar surface area (TPSA) is 169 Å². The lowest BCUT2D eigenvalue weighted by Crippen LogP contribution is -2.21. The largest absolute Gasteiger partial charge is 0.495 e. The number of nitrogens with one attached hydrogen (secondary N) is 3. The molecule has 1 atom stereocenters. The lowest BCUT2D eigenvalue weighted by atomic mass is 10.2. The van der Waals surface area contributed by atoms with Gasteiger partial charge in [0.2, 0.25) is 5.95 Å². The predicted molar refractivity (Wildman–Crippen MR) is 161 cm³/mol. The molecule has 0 saturated carbocycles. The predicted octanol–water partition coefficient (Wildman–Crippen LogP) is 5.12. The van der Waals surface area contributed by atoms with E-state index in [-0.39, 0.29) is 29.6 Å². The molecule has 4 rings (SSSR count). The number of methoxy groups -OCH3 is 1. The number of hydrogen-bond donors (Lipinski definition) is 4. The van der Waals surface area contributed by atoms with Crippen molar-refractivity contribution in [2.45, 2.75) is 38.6 Å². The van der Waals surface area contributed by atoms with Crippen LogP contribution in [-0.2, 0) is 23.4 Å². The van der Waals surface area contributed by atoms with E-state index < -0.39 is 31.3 Å². The summed E-state index contributed by atoms with van der Waals surface area (Å²) in [6.07, 6.45) is -0.405. The molecule has 4 N–H and O–H groups in total. The number of pyridine rings is 1. The van der Waals surface area contributed by atoms with Gasteiger partial charge in [0.05, 0.1) is 30.4 Å². The van der Waals surface area contributed by atoms with Gasteiger partial charge in [0.25, 0.3) is 5.91 Å². The van der Waals surface area contributed by atoms with E-state index >= 15 is 0 Å². The van der Waals surface area contributed by atoms with Crippen molar-refractivity contribution in [1.29, 1.82) is 0 Å². The number of anilines is 4. The highest BCUT2D eigenvalue weighted by Gasteiger charge is 2.36. The minimum absolute atomic E-state index is 0.0305. The summed E-state index contributed by atoms with van der Waals surface area (Å²) in [4.78, 5) is 25.0. The maximum absolute atomic E-state index is 14.0. The molecule has 0 saturated heterocycles. The Kier molecular flexibility index (Phi) is 11.0. The summed E-state index contributed by atoms with van der Waals surface area (Å²) >= 11 is 0. The lowest BCUT2D eigenvalue weighted by Gasteiger charge is -2.17. The van der Waals surface area contributed by atoms with Crippen molar-refractivity contribution in [3.8, 4) is 17.1 Å². The van der Waals surface area contributed by atoms with Crippen LogP contribution in [-0.4, -0.2) is 67.9 Å². The molecule has 0 fully saturated rings. The summed E-state index contributed by atoms with van der Waals surface area (Å²) in [5.41, 5.74) is 0.309. The van der Waals surface area contributed by atoms with E-state index in [4.69, 9.17) is 9.84 Å². The van der Waals surface area contributed by atoms with Crippen molar-refractivity contribution in [2.75, 3.05) is 37.6 Å². The van der Waals surface area contributed by atoms with Crippen molar-refractivity contribution < 1.29 is 32.4 Å². The Morgan fingerprint density at radius 2 is 1.89 bits per heavy atom. The lowest BCUT2D eigenvalue weighted by molar-refractivity contribution is -0.137. The Balaban J connectivity index is 1.67. The molecule has 1 amide bonds. The van der Waals surface area contributed by atoms with Gasteiger partial charge in [-0.25, -0.2) is 9.97 Å². The van der Waals surface area contributed by atoms with Gasteiger partial charge in [-0.3, -0.25) is 9.48 Å². The molecule has 13 nitrogen and oxygen atoms in total. The van der Waals surface area contributed by atoms with E-state index in [0.29, 0.717) is 48.6 Å². The maximum atomic E-state index is 14.0. The molecule has 4 aromatic rings. The van der Waals surface area contributed by atoms with Gasteiger partial charge < -0.3 is 25.8 Å². The number of hydrogen-bond acceptors (Lipinski definition) is 11. The Morgan fingerprint density at radius 3 is 2.58 bits per heavy atom. The number of alkyl halides is 3. The Bertz CT molecular complexity index is 1670. The zero-order valence-electron chi connectivity index (χ0n) is 24.7. The number of benzene rings is 1. The van der Waals surface area contributed by atoms with Gasteiger partial charge in [0.15, 0.2) is 11.9 Å². The van der Waals surface area contributed by atoms with Gasteiger partial charge in [0.1, 0.15) is 29.0 Å². The number of rotatable bonds is 14. The molecule has 0 aliphatic heterocycles. The third-order valence-corrected chi connectivity index (χ3v) is 8.04. The zero-order chi connectivity index (χ0) is 32.6. The second-order valence-electron chi connectivity index (χ2n) is 9.72. The third kappa shape index (κ3) is 8.48. The molecule has 0 spiro atoms. The molecular formula is C28H32F3N9O4P+. The van der Waals surface area contributed by atoms with Gasteiger partial charge in [-0.1, -0.05) is 22.8 Å². The van der Waals surface area contributed by atoms with Gasteiger partial charge in [-0.05, 0) is 37.1 Å². The van der Waals surface area contributed by atoms with E-state index in [9.17, 15) is 22.5 Å². The van der Waals surface area contributed by atoms with Crippen LogP contribution in [0.15, 0.2) is 42.7 Å². The normalized spacial score (nSPS) is 11.7. The summed E-state index contributed by atoms with van der Waals surface area (Å²) < 4.78 is 61.2. The average Bonchev–Trinajstić information content (AvgIpc) is 3.49. The van der Waals surface area contributed by atoms with Gasteiger partial charge in [0, 0.05) is 32.0 Å². The molecule has 1 aromatic carbocycles. The van der Waals surface area contributed by atoms with Gasteiger partial charge >= 0.3 is 14.0 Å². The molecular weight excluding hydrogens is 614 g/mol. The van der Waals surface area contributed by atoms with Crippen LogP contribution in [0.1, 0.15) is 41.4 Å². The monoisotopic (exact) mass is 646 g/mol. The van der Waals surface area contributed by atoms with Crippen molar-refractivity contribution in [3.63, 3.8) is 0 Å². The van der Waals surface area contributed by atoms with E-state index in [2.05, 4.69) is 41.2 Å². The standard InChI is InChI=1S/C28H31F3N9O4P/c1-4-12-45(43)16-17-6-7-20(23(13-17)44-3)36-27-33-14-18(28(29,30)31)25(37-27)35-21-9-8-19(34-24(21)26(42)32-2)22-15-40(39-38-22)10-5-11-41/h6-9,13-15,41H,4-5,10-12,16H2,1-3H3,(H2-,32,33,35,36,37,42)/p+1. The second-order valence-corrected chi connectivity index (χ2v) is 11.4. The fraction of sp³-hybridized carbons (Fsp3) is 0.357. The van der Waals surface area contributed by atoms with Crippen LogP contribution >= 0.6 is 7.80 Å². The molecule has 0 bridgehead atoms. The van der Waals surface area contributed by atoms with Crippen LogP contribution in [0, 0.1) is 0 Å². The average molecular weight is 647 g/mol. The number of nitrogens with zero attached hydrogens (tertiary/aromatic N) is 6. The number of aliphatic hydroxyl groups is 1. The number of halogens is 3.